The third-order valence-electron chi connectivity index (χ3n) is 5.25. The minimum absolute atomic E-state index is 0.0573. The summed E-state index contributed by atoms with van der Waals surface area (Å²) < 4.78 is 5.51. The van der Waals surface area contributed by atoms with Crippen molar-refractivity contribution >= 4 is 23.1 Å². The summed E-state index contributed by atoms with van der Waals surface area (Å²) in [4.78, 5) is 31.6. The largest absolute Gasteiger partial charge is 0.494 e. The molecular formula is C23H27N5O2S. The van der Waals surface area contributed by atoms with Crippen LogP contribution in [0.4, 0.5) is 5.82 Å². The Kier molecular flexibility index (Phi) is 6.18. The summed E-state index contributed by atoms with van der Waals surface area (Å²) in [6, 6.07) is 9.85. The van der Waals surface area contributed by atoms with Crippen LogP contribution in [0.2, 0.25) is 0 Å². The normalized spacial score (nSPS) is 14.1. The fourth-order valence-corrected chi connectivity index (χ4v) is 4.76. The molecule has 0 unspecified atom stereocenters. The first kappa shape index (κ1) is 21.2. The zero-order valence-corrected chi connectivity index (χ0v) is 19.2. The topological polar surface area (TPSA) is 71.5 Å². The molecule has 0 N–H and O–H groups in total. The summed E-state index contributed by atoms with van der Waals surface area (Å²) in [5.41, 5.74) is 2.74. The highest BCUT2D eigenvalue weighted by Crippen LogP contribution is 2.30. The first-order valence-corrected chi connectivity index (χ1v) is 11.3. The molecule has 1 aliphatic heterocycles. The van der Waals surface area contributed by atoms with E-state index in [0.29, 0.717) is 24.6 Å². The predicted octanol–water partition coefficient (Wildman–Crippen LogP) is 3.89. The van der Waals surface area contributed by atoms with Crippen molar-refractivity contribution in [2.75, 3.05) is 37.7 Å². The number of piperazine rings is 1. The van der Waals surface area contributed by atoms with Gasteiger partial charge in [0.2, 0.25) is 0 Å². The van der Waals surface area contributed by atoms with Gasteiger partial charge in [0, 0.05) is 43.5 Å². The Morgan fingerprint density at radius 3 is 2.39 bits per heavy atom. The fourth-order valence-electron chi connectivity index (χ4n) is 3.72. The van der Waals surface area contributed by atoms with Crippen molar-refractivity contribution in [3.05, 3.63) is 52.4 Å². The Bertz CT molecular complexity index is 1050. The van der Waals surface area contributed by atoms with Crippen LogP contribution in [0, 0.1) is 20.8 Å². The van der Waals surface area contributed by atoms with Crippen molar-refractivity contribution in [1.82, 2.24) is 19.9 Å². The van der Waals surface area contributed by atoms with Gasteiger partial charge in [0.15, 0.2) is 0 Å². The summed E-state index contributed by atoms with van der Waals surface area (Å²) in [5.74, 6) is 2.60. The minimum Gasteiger partial charge on any atom is -0.494 e. The molecule has 162 valence electrons. The van der Waals surface area contributed by atoms with Gasteiger partial charge in [0.1, 0.15) is 27.3 Å². The molecule has 1 fully saturated rings. The zero-order chi connectivity index (χ0) is 22.0. The molecule has 3 heterocycles. The van der Waals surface area contributed by atoms with Crippen LogP contribution >= 0.6 is 11.3 Å². The van der Waals surface area contributed by atoms with E-state index in [9.17, 15) is 4.79 Å². The van der Waals surface area contributed by atoms with Gasteiger partial charge in [-0.15, -0.1) is 11.3 Å². The summed E-state index contributed by atoms with van der Waals surface area (Å²) in [7, 11) is 0. The molecule has 31 heavy (non-hydrogen) atoms. The van der Waals surface area contributed by atoms with Gasteiger partial charge in [-0.2, -0.15) is 0 Å². The van der Waals surface area contributed by atoms with Crippen LogP contribution in [0.3, 0.4) is 0 Å². The molecule has 0 radical (unpaired) electrons. The second kappa shape index (κ2) is 9.01. The maximum Gasteiger partial charge on any atom is 0.265 e. The molecule has 8 heteroatoms. The highest BCUT2D eigenvalue weighted by atomic mass is 32.1. The first-order valence-electron chi connectivity index (χ1n) is 10.5. The molecule has 0 atom stereocenters. The van der Waals surface area contributed by atoms with Gasteiger partial charge in [0.05, 0.1) is 12.3 Å². The van der Waals surface area contributed by atoms with Crippen molar-refractivity contribution in [1.29, 1.82) is 0 Å². The summed E-state index contributed by atoms with van der Waals surface area (Å²) in [6.45, 7) is 11.2. The lowest BCUT2D eigenvalue weighted by Crippen LogP contribution is -2.49. The summed E-state index contributed by atoms with van der Waals surface area (Å²) in [5, 5.41) is 0.856. The molecule has 0 spiro atoms. The van der Waals surface area contributed by atoms with E-state index in [4.69, 9.17) is 4.74 Å². The number of carbonyl (C=O) groups is 1. The molecule has 0 bridgehead atoms. The molecule has 0 saturated carbocycles. The van der Waals surface area contributed by atoms with Gasteiger partial charge in [-0.25, -0.2) is 15.0 Å². The van der Waals surface area contributed by atoms with Gasteiger partial charge in [-0.1, -0.05) is 0 Å². The van der Waals surface area contributed by atoms with Crippen molar-refractivity contribution in [3.8, 4) is 16.3 Å². The number of hydrogen-bond acceptors (Lipinski definition) is 7. The Labute approximate surface area is 186 Å². The second-order valence-corrected chi connectivity index (χ2v) is 8.58. The lowest BCUT2D eigenvalue weighted by molar-refractivity contribution is 0.0750. The highest BCUT2D eigenvalue weighted by Gasteiger charge is 2.26. The van der Waals surface area contributed by atoms with E-state index in [2.05, 4.69) is 19.9 Å². The number of anilines is 1. The highest BCUT2D eigenvalue weighted by molar-refractivity contribution is 7.17. The minimum atomic E-state index is 0.0573. The molecule has 3 aromatic rings. The monoisotopic (exact) mass is 437 g/mol. The smallest absolute Gasteiger partial charge is 0.265 e. The van der Waals surface area contributed by atoms with Crippen LogP contribution in [-0.4, -0.2) is 58.5 Å². The van der Waals surface area contributed by atoms with Crippen molar-refractivity contribution in [3.63, 3.8) is 0 Å². The van der Waals surface area contributed by atoms with E-state index in [1.165, 1.54) is 11.3 Å². The number of benzene rings is 1. The number of amides is 1. The van der Waals surface area contributed by atoms with E-state index < -0.39 is 0 Å². The molecule has 1 aliphatic rings. The van der Waals surface area contributed by atoms with Crippen molar-refractivity contribution in [2.45, 2.75) is 27.7 Å². The van der Waals surface area contributed by atoms with E-state index in [-0.39, 0.29) is 5.91 Å². The third-order valence-corrected chi connectivity index (χ3v) is 6.44. The van der Waals surface area contributed by atoms with Crippen LogP contribution in [-0.2, 0) is 0 Å². The average Bonchev–Trinajstić information content (AvgIpc) is 3.15. The Morgan fingerprint density at radius 1 is 1.03 bits per heavy atom. The SMILES string of the molecule is CCOc1ccc(-c2nc(C)c(C(=O)N3CCN(c4cc(C)nc(C)n4)CC3)s2)cc1. The number of rotatable bonds is 5. The molecule has 1 saturated heterocycles. The zero-order valence-electron chi connectivity index (χ0n) is 18.4. The number of aromatic nitrogens is 3. The molecule has 1 amide bonds. The van der Waals surface area contributed by atoms with E-state index in [1.807, 2.05) is 62.9 Å². The predicted molar refractivity (Wildman–Crippen MR) is 123 cm³/mol. The van der Waals surface area contributed by atoms with Crippen LogP contribution in [0.5, 0.6) is 5.75 Å². The first-order chi connectivity index (χ1) is 14.9. The Hall–Kier alpha value is -3.00. The van der Waals surface area contributed by atoms with Gasteiger partial charge in [-0.3, -0.25) is 4.79 Å². The maximum absolute atomic E-state index is 13.2. The van der Waals surface area contributed by atoms with Crippen LogP contribution in [0.15, 0.2) is 30.3 Å². The molecular weight excluding hydrogens is 410 g/mol. The molecule has 4 rings (SSSR count). The van der Waals surface area contributed by atoms with Gasteiger partial charge >= 0.3 is 0 Å². The van der Waals surface area contributed by atoms with E-state index in [1.54, 1.807) is 0 Å². The maximum atomic E-state index is 13.2. The molecule has 0 aliphatic carbocycles. The van der Waals surface area contributed by atoms with Gasteiger partial charge < -0.3 is 14.5 Å². The van der Waals surface area contributed by atoms with Crippen LogP contribution in [0.25, 0.3) is 10.6 Å². The lowest BCUT2D eigenvalue weighted by Gasteiger charge is -2.35. The van der Waals surface area contributed by atoms with Crippen molar-refractivity contribution < 1.29 is 9.53 Å². The second-order valence-electron chi connectivity index (χ2n) is 7.58. The molecule has 7 nitrogen and oxygen atoms in total. The third kappa shape index (κ3) is 4.69. The Morgan fingerprint density at radius 2 is 1.74 bits per heavy atom. The number of hydrogen-bond donors (Lipinski definition) is 0. The number of ether oxygens (including phenoxy) is 1. The van der Waals surface area contributed by atoms with Crippen LogP contribution < -0.4 is 9.64 Å². The molecule has 1 aromatic carbocycles. The van der Waals surface area contributed by atoms with Gasteiger partial charge in [-0.05, 0) is 52.0 Å². The number of aryl methyl sites for hydroxylation is 3. The summed E-state index contributed by atoms with van der Waals surface area (Å²) >= 11 is 1.46. The van der Waals surface area contributed by atoms with Gasteiger partial charge in [0.25, 0.3) is 5.91 Å². The van der Waals surface area contributed by atoms with E-state index in [0.717, 1.165) is 52.4 Å². The molecule has 2 aromatic heterocycles. The average molecular weight is 438 g/mol. The fraction of sp³-hybridized carbons (Fsp3) is 0.391. The van der Waals surface area contributed by atoms with Crippen molar-refractivity contribution in [2.24, 2.45) is 0 Å². The van der Waals surface area contributed by atoms with E-state index >= 15 is 0 Å². The quantitative estimate of drug-likeness (QED) is 0.603. The lowest BCUT2D eigenvalue weighted by atomic mass is 10.2. The standard InChI is InChI=1S/C23H27N5O2S/c1-5-30-19-8-6-18(7-9-19)22-25-16(3)21(31-22)23(29)28-12-10-27(11-13-28)20-14-15(2)24-17(4)26-20/h6-9,14H,5,10-13H2,1-4H3. The number of thiazole rings is 1. The van der Waals surface area contributed by atoms with Crippen LogP contribution in [0.1, 0.15) is 33.8 Å². The number of carbonyl (C=O) groups excluding carboxylic acids is 1. The summed E-state index contributed by atoms with van der Waals surface area (Å²) in [6.07, 6.45) is 0. The number of nitrogens with zero attached hydrogens (tertiary/aromatic N) is 5. The Balaban J connectivity index is 1.44.